The van der Waals surface area contributed by atoms with Crippen LogP contribution in [-0.2, 0) is 9.53 Å². The van der Waals surface area contributed by atoms with Crippen molar-refractivity contribution in [1.82, 2.24) is 10.6 Å². The highest BCUT2D eigenvalue weighted by Crippen LogP contribution is 2.08. The van der Waals surface area contributed by atoms with Gasteiger partial charge in [-0.1, -0.05) is 26.7 Å². The number of carbonyl (C=O) groups is 1. The summed E-state index contributed by atoms with van der Waals surface area (Å²) in [4.78, 5) is 11.8. The van der Waals surface area contributed by atoms with E-state index in [1.807, 2.05) is 0 Å². The van der Waals surface area contributed by atoms with Crippen molar-refractivity contribution >= 4 is 5.91 Å². The van der Waals surface area contributed by atoms with Crippen LogP contribution in [0.3, 0.4) is 0 Å². The molecule has 1 fully saturated rings. The molecule has 0 bridgehead atoms. The summed E-state index contributed by atoms with van der Waals surface area (Å²) < 4.78 is 5.42. The van der Waals surface area contributed by atoms with E-state index in [0.29, 0.717) is 19.1 Å². The lowest BCUT2D eigenvalue weighted by Crippen LogP contribution is -2.44. The van der Waals surface area contributed by atoms with E-state index in [9.17, 15) is 4.79 Å². The number of carbonyl (C=O) groups excluding carboxylic acids is 1. The Morgan fingerprint density at radius 1 is 1.41 bits per heavy atom. The van der Waals surface area contributed by atoms with Crippen LogP contribution in [0.15, 0.2) is 0 Å². The topological polar surface area (TPSA) is 50.4 Å². The normalized spacial score (nSPS) is 21.2. The molecule has 0 spiro atoms. The molecule has 1 saturated heterocycles. The van der Waals surface area contributed by atoms with Crippen LogP contribution in [0.25, 0.3) is 0 Å². The zero-order chi connectivity index (χ0) is 12.5. The summed E-state index contributed by atoms with van der Waals surface area (Å²) in [6.07, 6.45) is 4.52. The lowest BCUT2D eigenvalue weighted by molar-refractivity contribution is -0.123. The van der Waals surface area contributed by atoms with Gasteiger partial charge in [0.2, 0.25) is 5.91 Å². The first-order valence-electron chi connectivity index (χ1n) is 6.79. The molecule has 0 saturated carbocycles. The summed E-state index contributed by atoms with van der Waals surface area (Å²) in [5.41, 5.74) is 0. The highest BCUT2D eigenvalue weighted by atomic mass is 16.5. The second-order valence-corrected chi connectivity index (χ2v) is 5.12. The smallest absolute Gasteiger partial charge is 0.237 e. The fourth-order valence-corrected chi connectivity index (χ4v) is 1.94. The summed E-state index contributed by atoms with van der Waals surface area (Å²) in [6.45, 7) is 7.18. The molecule has 1 heterocycles. The molecule has 0 aromatic carbocycles. The molecule has 0 radical (unpaired) electrons. The van der Waals surface area contributed by atoms with Crippen LogP contribution in [0.1, 0.15) is 39.5 Å². The number of nitrogens with one attached hydrogen (secondary N) is 2. The van der Waals surface area contributed by atoms with Gasteiger partial charge in [-0.05, 0) is 25.3 Å². The SMILES string of the molecule is CC(C)COCCNC(=O)C1CCCCCN1. The molecule has 4 nitrogen and oxygen atoms in total. The van der Waals surface area contributed by atoms with Gasteiger partial charge in [0, 0.05) is 13.2 Å². The van der Waals surface area contributed by atoms with E-state index in [0.717, 1.165) is 26.0 Å². The molecule has 1 aliphatic heterocycles. The Bertz CT molecular complexity index is 211. The Balaban J connectivity index is 2.07. The zero-order valence-corrected chi connectivity index (χ0v) is 11.1. The molecule has 100 valence electrons. The molecule has 17 heavy (non-hydrogen) atoms. The first kappa shape index (κ1) is 14.5. The second kappa shape index (κ2) is 8.48. The van der Waals surface area contributed by atoms with Gasteiger partial charge in [-0.3, -0.25) is 4.79 Å². The maximum atomic E-state index is 11.8. The minimum Gasteiger partial charge on any atom is -0.379 e. The molecular formula is C13H26N2O2. The molecule has 0 aromatic heterocycles. The fraction of sp³-hybridized carbons (Fsp3) is 0.923. The van der Waals surface area contributed by atoms with Gasteiger partial charge in [-0.25, -0.2) is 0 Å². The van der Waals surface area contributed by atoms with Crippen LogP contribution >= 0.6 is 0 Å². The molecular weight excluding hydrogens is 216 g/mol. The van der Waals surface area contributed by atoms with Crippen LogP contribution < -0.4 is 10.6 Å². The molecule has 1 rings (SSSR count). The first-order valence-corrected chi connectivity index (χ1v) is 6.79. The lowest BCUT2D eigenvalue weighted by Gasteiger charge is -2.15. The molecule has 1 atom stereocenters. The van der Waals surface area contributed by atoms with Crippen LogP contribution in [0.2, 0.25) is 0 Å². The van der Waals surface area contributed by atoms with E-state index in [-0.39, 0.29) is 11.9 Å². The predicted octanol–water partition coefficient (Wildman–Crippen LogP) is 1.31. The van der Waals surface area contributed by atoms with E-state index >= 15 is 0 Å². The predicted molar refractivity (Wildman–Crippen MR) is 68.9 cm³/mol. The summed E-state index contributed by atoms with van der Waals surface area (Å²) in [5.74, 6) is 0.675. The highest BCUT2D eigenvalue weighted by Gasteiger charge is 2.18. The van der Waals surface area contributed by atoms with Crippen molar-refractivity contribution in [2.45, 2.75) is 45.6 Å². The van der Waals surface area contributed by atoms with Crippen LogP contribution in [0.4, 0.5) is 0 Å². The molecule has 0 aromatic rings. The number of hydrogen-bond donors (Lipinski definition) is 2. The van der Waals surface area contributed by atoms with Crippen molar-refractivity contribution in [3.8, 4) is 0 Å². The molecule has 1 unspecified atom stereocenters. The van der Waals surface area contributed by atoms with Crippen molar-refractivity contribution < 1.29 is 9.53 Å². The molecule has 0 aliphatic carbocycles. The van der Waals surface area contributed by atoms with Gasteiger partial charge in [-0.15, -0.1) is 0 Å². The van der Waals surface area contributed by atoms with Gasteiger partial charge in [0.05, 0.1) is 12.6 Å². The second-order valence-electron chi connectivity index (χ2n) is 5.12. The molecule has 4 heteroatoms. The average Bonchev–Trinajstić information content (AvgIpc) is 2.56. The van der Waals surface area contributed by atoms with Crippen LogP contribution in [0.5, 0.6) is 0 Å². The van der Waals surface area contributed by atoms with E-state index in [1.54, 1.807) is 0 Å². The monoisotopic (exact) mass is 242 g/mol. The average molecular weight is 242 g/mol. The third kappa shape index (κ3) is 6.64. The Kier molecular flexibility index (Phi) is 7.21. The van der Waals surface area contributed by atoms with E-state index in [1.165, 1.54) is 12.8 Å². The largest absolute Gasteiger partial charge is 0.379 e. The highest BCUT2D eigenvalue weighted by molar-refractivity contribution is 5.81. The van der Waals surface area contributed by atoms with Crippen molar-refractivity contribution in [3.63, 3.8) is 0 Å². The number of rotatable bonds is 6. The van der Waals surface area contributed by atoms with Crippen molar-refractivity contribution in [3.05, 3.63) is 0 Å². The van der Waals surface area contributed by atoms with Crippen molar-refractivity contribution in [2.24, 2.45) is 5.92 Å². The Morgan fingerprint density at radius 3 is 3.00 bits per heavy atom. The van der Waals surface area contributed by atoms with Gasteiger partial charge in [0.15, 0.2) is 0 Å². The third-order valence-electron chi connectivity index (χ3n) is 2.87. The number of ether oxygens (including phenoxy) is 1. The van der Waals surface area contributed by atoms with Gasteiger partial charge < -0.3 is 15.4 Å². The lowest BCUT2D eigenvalue weighted by atomic mass is 10.1. The maximum absolute atomic E-state index is 11.8. The first-order chi connectivity index (χ1) is 8.20. The minimum absolute atomic E-state index is 0.00241. The van der Waals surface area contributed by atoms with E-state index in [4.69, 9.17) is 4.74 Å². The van der Waals surface area contributed by atoms with Gasteiger partial charge in [-0.2, -0.15) is 0 Å². The Morgan fingerprint density at radius 2 is 2.24 bits per heavy atom. The molecule has 1 amide bonds. The van der Waals surface area contributed by atoms with E-state index in [2.05, 4.69) is 24.5 Å². The Hall–Kier alpha value is -0.610. The number of amides is 1. The number of hydrogen-bond acceptors (Lipinski definition) is 3. The summed E-state index contributed by atoms with van der Waals surface area (Å²) in [5, 5.41) is 6.22. The molecule has 2 N–H and O–H groups in total. The molecule has 1 aliphatic rings. The van der Waals surface area contributed by atoms with Crippen molar-refractivity contribution in [2.75, 3.05) is 26.3 Å². The van der Waals surface area contributed by atoms with Crippen molar-refractivity contribution in [1.29, 1.82) is 0 Å². The Labute approximate surface area is 104 Å². The van der Waals surface area contributed by atoms with Gasteiger partial charge in [0.25, 0.3) is 0 Å². The third-order valence-corrected chi connectivity index (χ3v) is 2.87. The summed E-state index contributed by atoms with van der Waals surface area (Å²) in [6, 6.07) is 0.00241. The summed E-state index contributed by atoms with van der Waals surface area (Å²) >= 11 is 0. The minimum atomic E-state index is 0.00241. The van der Waals surface area contributed by atoms with E-state index < -0.39 is 0 Å². The van der Waals surface area contributed by atoms with Gasteiger partial charge >= 0.3 is 0 Å². The van der Waals surface area contributed by atoms with Crippen LogP contribution in [0, 0.1) is 5.92 Å². The van der Waals surface area contributed by atoms with Crippen LogP contribution in [-0.4, -0.2) is 38.3 Å². The van der Waals surface area contributed by atoms with Gasteiger partial charge in [0.1, 0.15) is 0 Å². The zero-order valence-electron chi connectivity index (χ0n) is 11.1. The standard InChI is InChI=1S/C13H26N2O2/c1-11(2)10-17-9-8-15-13(16)12-6-4-3-5-7-14-12/h11-12,14H,3-10H2,1-2H3,(H,15,16). The fourth-order valence-electron chi connectivity index (χ4n) is 1.94. The quantitative estimate of drug-likeness (QED) is 0.690. The summed E-state index contributed by atoms with van der Waals surface area (Å²) in [7, 11) is 0. The maximum Gasteiger partial charge on any atom is 0.237 e.